The second-order valence-electron chi connectivity index (χ2n) is 5.33. The summed E-state index contributed by atoms with van der Waals surface area (Å²) in [6.45, 7) is 1.27. The number of nitro benzene ring substituents is 1. The number of amides is 1. The second-order valence-corrected chi connectivity index (χ2v) is 5.73. The fraction of sp³-hybridized carbons (Fsp3) is 0.118. The first-order valence-electron chi connectivity index (χ1n) is 7.59. The number of nitrogens with one attached hydrogen (secondary N) is 2. The number of carboxylic acids is 1. The molecule has 2 rings (SSSR count). The highest BCUT2D eigenvalue weighted by atomic mass is 32.1. The van der Waals surface area contributed by atoms with Gasteiger partial charge in [0.15, 0.2) is 11.7 Å². The molecule has 0 radical (unpaired) electrons. The molecule has 0 saturated heterocycles. The summed E-state index contributed by atoms with van der Waals surface area (Å²) in [6.07, 6.45) is 0. The Morgan fingerprint density at radius 2 is 1.89 bits per heavy atom. The zero-order chi connectivity index (χ0) is 20.0. The van der Waals surface area contributed by atoms with Crippen LogP contribution in [0, 0.1) is 17.0 Å². The number of nitro groups is 1. The summed E-state index contributed by atoms with van der Waals surface area (Å²) >= 11 is 5.04. The normalized spacial score (nSPS) is 9.96. The molecule has 2 aromatic rings. The number of rotatable bonds is 6. The predicted octanol–water partition coefficient (Wildman–Crippen LogP) is 2.49. The van der Waals surface area contributed by atoms with Crippen LogP contribution in [0.25, 0.3) is 0 Å². The topological polar surface area (TPSA) is 131 Å². The average Bonchev–Trinajstić information content (AvgIpc) is 2.61. The minimum absolute atomic E-state index is 0.0158. The van der Waals surface area contributed by atoms with Crippen LogP contribution in [0.5, 0.6) is 5.75 Å². The number of aromatic carboxylic acids is 1. The number of carbonyl (C=O) groups is 2. The molecule has 10 heteroatoms. The van der Waals surface area contributed by atoms with Crippen molar-refractivity contribution in [3.63, 3.8) is 0 Å². The summed E-state index contributed by atoms with van der Waals surface area (Å²) < 4.78 is 5.23. The number of carboxylic acid groups (broad SMARTS) is 1. The van der Waals surface area contributed by atoms with Crippen molar-refractivity contribution in [3.8, 4) is 5.75 Å². The number of benzene rings is 2. The van der Waals surface area contributed by atoms with Gasteiger partial charge in [-0.1, -0.05) is 6.07 Å². The predicted molar refractivity (Wildman–Crippen MR) is 101 cm³/mol. The van der Waals surface area contributed by atoms with Crippen LogP contribution in [-0.4, -0.2) is 33.6 Å². The maximum absolute atomic E-state index is 11.9. The lowest BCUT2D eigenvalue weighted by atomic mass is 10.1. The van der Waals surface area contributed by atoms with Gasteiger partial charge in [0.25, 0.3) is 11.6 Å². The van der Waals surface area contributed by atoms with Gasteiger partial charge in [-0.25, -0.2) is 4.79 Å². The molecule has 0 aliphatic rings. The van der Waals surface area contributed by atoms with Crippen molar-refractivity contribution in [3.05, 3.63) is 63.7 Å². The van der Waals surface area contributed by atoms with Gasteiger partial charge in [0.1, 0.15) is 5.75 Å². The van der Waals surface area contributed by atoms with Gasteiger partial charge in [0.05, 0.1) is 10.5 Å². The molecular weight excluding hydrogens is 374 g/mol. The first-order valence-corrected chi connectivity index (χ1v) is 7.99. The third-order valence-corrected chi connectivity index (χ3v) is 3.69. The second kappa shape index (κ2) is 8.72. The van der Waals surface area contributed by atoms with Crippen LogP contribution in [0.4, 0.5) is 11.4 Å². The van der Waals surface area contributed by atoms with Gasteiger partial charge in [-0.15, -0.1) is 0 Å². The molecule has 3 N–H and O–H groups in total. The molecule has 0 bridgehead atoms. The number of non-ortho nitro benzene ring substituents is 1. The molecule has 0 heterocycles. The van der Waals surface area contributed by atoms with E-state index in [1.54, 1.807) is 19.1 Å². The van der Waals surface area contributed by atoms with Crippen LogP contribution in [0.15, 0.2) is 42.5 Å². The van der Waals surface area contributed by atoms with Crippen molar-refractivity contribution in [2.24, 2.45) is 0 Å². The van der Waals surface area contributed by atoms with Crippen LogP contribution in [0.1, 0.15) is 15.9 Å². The molecule has 0 atom stereocenters. The van der Waals surface area contributed by atoms with E-state index in [4.69, 9.17) is 22.1 Å². The number of nitrogens with zero attached hydrogens (tertiary/aromatic N) is 1. The van der Waals surface area contributed by atoms with E-state index in [2.05, 4.69) is 10.6 Å². The van der Waals surface area contributed by atoms with Gasteiger partial charge in [-0.3, -0.25) is 20.2 Å². The van der Waals surface area contributed by atoms with E-state index >= 15 is 0 Å². The quantitative estimate of drug-likeness (QED) is 0.390. The number of hydrogen-bond donors (Lipinski definition) is 3. The van der Waals surface area contributed by atoms with Crippen molar-refractivity contribution in [2.45, 2.75) is 6.92 Å². The van der Waals surface area contributed by atoms with Gasteiger partial charge in [-0.05, 0) is 49.0 Å². The highest BCUT2D eigenvalue weighted by molar-refractivity contribution is 7.80. The summed E-state index contributed by atoms with van der Waals surface area (Å²) in [6, 6.07) is 9.93. The zero-order valence-electron chi connectivity index (χ0n) is 14.1. The Labute approximate surface area is 159 Å². The average molecular weight is 389 g/mol. The summed E-state index contributed by atoms with van der Waals surface area (Å²) in [7, 11) is 0. The number of ether oxygens (including phenoxy) is 1. The van der Waals surface area contributed by atoms with E-state index in [-0.39, 0.29) is 23.0 Å². The number of thiocarbonyl (C=S) groups is 1. The molecule has 0 aliphatic heterocycles. The minimum Gasteiger partial charge on any atom is -0.484 e. The lowest BCUT2D eigenvalue weighted by molar-refractivity contribution is -0.384. The van der Waals surface area contributed by atoms with Crippen molar-refractivity contribution in [1.82, 2.24) is 5.32 Å². The lowest BCUT2D eigenvalue weighted by Crippen LogP contribution is -2.37. The maximum atomic E-state index is 11.9. The molecule has 0 spiro atoms. The molecule has 0 saturated carbocycles. The fourth-order valence-electron chi connectivity index (χ4n) is 2.13. The minimum atomic E-state index is -1.07. The Kier molecular flexibility index (Phi) is 6.39. The Bertz CT molecular complexity index is 898. The van der Waals surface area contributed by atoms with Gasteiger partial charge in [0.2, 0.25) is 0 Å². The third kappa shape index (κ3) is 5.47. The first kappa shape index (κ1) is 19.8. The molecule has 2 aromatic carbocycles. The molecule has 1 amide bonds. The largest absolute Gasteiger partial charge is 0.484 e. The lowest BCUT2D eigenvalue weighted by Gasteiger charge is -2.13. The molecule has 0 aromatic heterocycles. The summed E-state index contributed by atoms with van der Waals surface area (Å²) in [5, 5.41) is 24.8. The molecule has 27 heavy (non-hydrogen) atoms. The highest BCUT2D eigenvalue weighted by Crippen LogP contribution is 2.19. The number of anilines is 1. The Hall–Kier alpha value is -3.53. The van der Waals surface area contributed by atoms with E-state index in [0.29, 0.717) is 17.0 Å². The van der Waals surface area contributed by atoms with E-state index in [1.165, 1.54) is 30.3 Å². The van der Waals surface area contributed by atoms with Crippen molar-refractivity contribution in [1.29, 1.82) is 0 Å². The van der Waals surface area contributed by atoms with E-state index < -0.39 is 16.8 Å². The summed E-state index contributed by atoms with van der Waals surface area (Å²) in [4.78, 5) is 33.1. The number of hydrogen-bond acceptors (Lipinski definition) is 6. The summed E-state index contributed by atoms with van der Waals surface area (Å²) in [5.74, 6) is -1.32. The van der Waals surface area contributed by atoms with Crippen LogP contribution in [-0.2, 0) is 4.79 Å². The van der Waals surface area contributed by atoms with Gasteiger partial charge < -0.3 is 15.2 Å². The highest BCUT2D eigenvalue weighted by Gasteiger charge is 2.12. The van der Waals surface area contributed by atoms with Crippen LogP contribution in [0.2, 0.25) is 0 Å². The first-order chi connectivity index (χ1) is 12.8. The maximum Gasteiger partial charge on any atom is 0.336 e. The molecule has 0 aliphatic carbocycles. The van der Waals surface area contributed by atoms with Crippen molar-refractivity contribution in [2.75, 3.05) is 11.9 Å². The fourth-order valence-corrected chi connectivity index (χ4v) is 2.36. The van der Waals surface area contributed by atoms with E-state index in [9.17, 15) is 19.7 Å². The molecular formula is C17H15N3O6S. The molecule has 140 valence electrons. The van der Waals surface area contributed by atoms with Crippen LogP contribution < -0.4 is 15.4 Å². The Morgan fingerprint density at radius 1 is 1.22 bits per heavy atom. The van der Waals surface area contributed by atoms with Crippen LogP contribution >= 0.6 is 12.2 Å². The van der Waals surface area contributed by atoms with Gasteiger partial charge in [-0.2, -0.15) is 0 Å². The molecule has 9 nitrogen and oxygen atoms in total. The Balaban J connectivity index is 1.89. The van der Waals surface area contributed by atoms with Crippen molar-refractivity contribution < 1.29 is 24.4 Å². The smallest absolute Gasteiger partial charge is 0.336 e. The zero-order valence-corrected chi connectivity index (χ0v) is 14.9. The van der Waals surface area contributed by atoms with E-state index in [1.807, 2.05) is 0 Å². The Morgan fingerprint density at radius 3 is 2.48 bits per heavy atom. The van der Waals surface area contributed by atoms with E-state index in [0.717, 1.165) is 0 Å². The SMILES string of the molecule is Cc1c(NC(=S)NC(=O)COc2ccc([N+](=O)[O-])cc2)cccc1C(=O)O. The third-order valence-electron chi connectivity index (χ3n) is 3.48. The standard InChI is InChI=1S/C17H15N3O6S/c1-10-13(16(22)23)3-2-4-14(10)18-17(27)19-15(21)9-26-12-7-5-11(6-8-12)20(24)25/h2-8H,9H2,1H3,(H,22,23)(H2,18,19,21,27). The monoisotopic (exact) mass is 389 g/mol. The van der Waals surface area contributed by atoms with Gasteiger partial charge >= 0.3 is 5.97 Å². The number of carbonyl (C=O) groups excluding carboxylic acids is 1. The van der Waals surface area contributed by atoms with Crippen molar-refractivity contribution >= 4 is 40.6 Å². The van der Waals surface area contributed by atoms with Crippen LogP contribution in [0.3, 0.4) is 0 Å². The molecule has 0 fully saturated rings. The van der Waals surface area contributed by atoms with Gasteiger partial charge in [0, 0.05) is 17.8 Å². The molecule has 0 unspecified atom stereocenters. The summed E-state index contributed by atoms with van der Waals surface area (Å²) in [5.41, 5.74) is 0.965.